The Labute approximate surface area is 203 Å². The zero-order valence-corrected chi connectivity index (χ0v) is 20.1. The highest BCUT2D eigenvalue weighted by molar-refractivity contribution is 5.94. The van der Waals surface area contributed by atoms with Crippen LogP contribution in [0.15, 0.2) is 53.2 Å². The van der Waals surface area contributed by atoms with Crippen LogP contribution in [0.2, 0.25) is 0 Å². The number of benzene rings is 1. The van der Waals surface area contributed by atoms with Crippen molar-refractivity contribution in [2.45, 2.75) is 45.9 Å². The number of nitrogens with one attached hydrogen (secondary N) is 1. The zero-order chi connectivity index (χ0) is 25.0. The number of aryl methyl sites for hydroxylation is 1. The van der Waals surface area contributed by atoms with Gasteiger partial charge in [-0.25, -0.2) is 9.78 Å². The second-order valence-corrected chi connectivity index (χ2v) is 9.18. The fourth-order valence-electron chi connectivity index (χ4n) is 3.38. The lowest BCUT2D eigenvalue weighted by molar-refractivity contribution is -0.183. The second kappa shape index (κ2) is 10.1. The van der Waals surface area contributed by atoms with Crippen LogP contribution in [-0.4, -0.2) is 52.0 Å². The molecule has 1 fully saturated rings. The standard InChI is InChI=1S/C25H28N4O6/c1-16-20(22(28-34-16)17-8-6-5-7-9-17)15-32-21-11-10-18(12-26-21)23(30)27-19-13-29(14-19)35-24(31)33-25(2,3)4/h5-12,19H,13-15H2,1-4H3,(H,27,30). The van der Waals surface area contributed by atoms with Gasteiger partial charge in [0.25, 0.3) is 5.91 Å². The SMILES string of the molecule is Cc1onc(-c2ccccc2)c1COc1ccc(C(=O)NC2CN(OC(=O)OC(C)(C)C)C2)cn1. The summed E-state index contributed by atoms with van der Waals surface area (Å²) in [5, 5.41) is 8.46. The van der Waals surface area contributed by atoms with Gasteiger partial charge in [-0.15, -0.1) is 5.06 Å². The minimum absolute atomic E-state index is 0.145. The van der Waals surface area contributed by atoms with E-state index in [1.54, 1.807) is 32.9 Å². The Hall–Kier alpha value is -3.92. The van der Waals surface area contributed by atoms with Crippen LogP contribution in [0.3, 0.4) is 0 Å². The molecule has 184 valence electrons. The lowest BCUT2D eigenvalue weighted by Gasteiger charge is -2.37. The first-order valence-electron chi connectivity index (χ1n) is 11.2. The topological polar surface area (TPSA) is 116 Å². The largest absolute Gasteiger partial charge is 0.528 e. The van der Waals surface area contributed by atoms with Crippen LogP contribution in [0.25, 0.3) is 11.3 Å². The van der Waals surface area contributed by atoms with Gasteiger partial charge in [-0.3, -0.25) is 4.79 Å². The van der Waals surface area contributed by atoms with Crippen molar-refractivity contribution >= 4 is 12.1 Å². The number of pyridine rings is 1. The summed E-state index contributed by atoms with van der Waals surface area (Å²) in [4.78, 5) is 33.5. The van der Waals surface area contributed by atoms with E-state index in [0.717, 1.165) is 16.8 Å². The summed E-state index contributed by atoms with van der Waals surface area (Å²) in [6, 6.07) is 12.9. The molecule has 2 aromatic heterocycles. The molecule has 10 nitrogen and oxygen atoms in total. The number of carbonyl (C=O) groups excluding carboxylic acids is 2. The average molecular weight is 481 g/mol. The van der Waals surface area contributed by atoms with E-state index in [1.807, 2.05) is 37.3 Å². The first kappa shape index (κ1) is 24.2. The molecule has 0 spiro atoms. The fourth-order valence-corrected chi connectivity index (χ4v) is 3.38. The van der Waals surface area contributed by atoms with Gasteiger partial charge in [0.15, 0.2) is 0 Å². The second-order valence-electron chi connectivity index (χ2n) is 9.18. The quantitative estimate of drug-likeness (QED) is 0.503. The Balaban J connectivity index is 1.25. The Kier molecular flexibility index (Phi) is 7.02. The Morgan fingerprint density at radius 2 is 1.89 bits per heavy atom. The lowest BCUT2D eigenvalue weighted by atomic mass is 10.1. The van der Waals surface area contributed by atoms with Gasteiger partial charge in [-0.05, 0) is 33.8 Å². The highest BCUT2D eigenvalue weighted by Gasteiger charge is 2.33. The molecule has 0 radical (unpaired) electrons. The van der Waals surface area contributed by atoms with Crippen LogP contribution in [-0.2, 0) is 16.2 Å². The summed E-state index contributed by atoms with van der Waals surface area (Å²) in [5.74, 6) is 0.777. The van der Waals surface area contributed by atoms with Gasteiger partial charge in [0.2, 0.25) is 5.88 Å². The molecule has 1 N–H and O–H groups in total. The molecular weight excluding hydrogens is 452 g/mol. The van der Waals surface area contributed by atoms with E-state index in [2.05, 4.69) is 15.5 Å². The van der Waals surface area contributed by atoms with Gasteiger partial charge < -0.3 is 24.2 Å². The van der Waals surface area contributed by atoms with Crippen LogP contribution in [0.1, 0.15) is 42.5 Å². The summed E-state index contributed by atoms with van der Waals surface area (Å²) in [6.45, 7) is 8.09. The number of aromatic nitrogens is 2. The molecule has 0 saturated carbocycles. The van der Waals surface area contributed by atoms with Crippen LogP contribution in [0.5, 0.6) is 5.88 Å². The first-order valence-corrected chi connectivity index (χ1v) is 11.2. The minimum atomic E-state index is -0.764. The van der Waals surface area contributed by atoms with Crippen molar-refractivity contribution < 1.29 is 28.4 Å². The Bertz CT molecular complexity index is 1160. The molecule has 3 heterocycles. The van der Waals surface area contributed by atoms with Crippen molar-refractivity contribution in [1.29, 1.82) is 0 Å². The first-order chi connectivity index (χ1) is 16.7. The van der Waals surface area contributed by atoms with E-state index < -0.39 is 11.8 Å². The third-order valence-electron chi connectivity index (χ3n) is 5.17. The summed E-state index contributed by atoms with van der Waals surface area (Å²) in [5.41, 5.74) is 2.27. The van der Waals surface area contributed by atoms with Crippen LogP contribution >= 0.6 is 0 Å². The number of rotatable bonds is 7. The van der Waals surface area contributed by atoms with Gasteiger partial charge in [-0.1, -0.05) is 35.5 Å². The van der Waals surface area contributed by atoms with Crippen molar-refractivity contribution in [2.24, 2.45) is 0 Å². The van der Waals surface area contributed by atoms with E-state index in [9.17, 15) is 9.59 Å². The van der Waals surface area contributed by atoms with Crippen molar-refractivity contribution in [1.82, 2.24) is 20.5 Å². The zero-order valence-electron chi connectivity index (χ0n) is 20.1. The molecule has 10 heteroatoms. The summed E-state index contributed by atoms with van der Waals surface area (Å²) >= 11 is 0. The number of nitrogens with zero attached hydrogens (tertiary/aromatic N) is 3. The van der Waals surface area contributed by atoms with Gasteiger partial charge in [0.05, 0.1) is 30.3 Å². The molecule has 0 atom stereocenters. The number of amides is 1. The van der Waals surface area contributed by atoms with E-state index in [4.69, 9.17) is 18.8 Å². The van der Waals surface area contributed by atoms with E-state index >= 15 is 0 Å². The minimum Gasteiger partial charge on any atom is -0.473 e. The van der Waals surface area contributed by atoms with Gasteiger partial charge in [0, 0.05) is 17.8 Å². The van der Waals surface area contributed by atoms with Crippen molar-refractivity contribution in [3.8, 4) is 17.1 Å². The van der Waals surface area contributed by atoms with Crippen LogP contribution < -0.4 is 10.1 Å². The fraction of sp³-hybridized carbons (Fsp3) is 0.360. The van der Waals surface area contributed by atoms with Crippen molar-refractivity contribution in [3.63, 3.8) is 0 Å². The molecule has 1 aliphatic heterocycles. The summed E-state index contributed by atoms with van der Waals surface area (Å²) < 4.78 is 16.3. The normalized spacial score (nSPS) is 14.2. The maximum Gasteiger partial charge on any atom is 0.528 e. The molecule has 4 rings (SSSR count). The Morgan fingerprint density at radius 1 is 1.14 bits per heavy atom. The van der Waals surface area contributed by atoms with Gasteiger partial charge >= 0.3 is 6.16 Å². The maximum atomic E-state index is 12.5. The third-order valence-corrected chi connectivity index (χ3v) is 5.17. The molecule has 0 aliphatic carbocycles. The molecule has 3 aromatic rings. The van der Waals surface area contributed by atoms with Gasteiger partial charge in [-0.2, -0.15) is 0 Å². The predicted octanol–water partition coefficient (Wildman–Crippen LogP) is 3.90. The molecule has 1 amide bonds. The summed E-state index contributed by atoms with van der Waals surface area (Å²) in [6.07, 6.45) is 0.691. The molecule has 35 heavy (non-hydrogen) atoms. The number of hydroxylamine groups is 2. The highest BCUT2D eigenvalue weighted by Crippen LogP contribution is 2.26. The molecule has 0 unspecified atom stereocenters. The number of hydrogen-bond donors (Lipinski definition) is 1. The number of hydrogen-bond acceptors (Lipinski definition) is 9. The van der Waals surface area contributed by atoms with E-state index in [1.165, 1.54) is 11.3 Å². The molecular formula is C25H28N4O6. The van der Waals surface area contributed by atoms with E-state index in [0.29, 0.717) is 30.3 Å². The monoisotopic (exact) mass is 480 g/mol. The Morgan fingerprint density at radius 3 is 2.54 bits per heavy atom. The maximum absolute atomic E-state index is 12.5. The molecule has 0 bridgehead atoms. The average Bonchev–Trinajstić information content (AvgIpc) is 3.16. The van der Waals surface area contributed by atoms with Crippen LogP contribution in [0, 0.1) is 6.92 Å². The number of ether oxygens (including phenoxy) is 2. The van der Waals surface area contributed by atoms with Crippen molar-refractivity contribution in [2.75, 3.05) is 13.1 Å². The van der Waals surface area contributed by atoms with Crippen molar-refractivity contribution in [3.05, 3.63) is 65.5 Å². The highest BCUT2D eigenvalue weighted by atomic mass is 16.8. The van der Waals surface area contributed by atoms with Crippen LogP contribution in [0.4, 0.5) is 4.79 Å². The molecule has 1 saturated heterocycles. The lowest BCUT2D eigenvalue weighted by Crippen LogP contribution is -2.59. The number of carbonyl (C=O) groups is 2. The third kappa shape index (κ3) is 6.36. The predicted molar refractivity (Wildman–Crippen MR) is 125 cm³/mol. The summed E-state index contributed by atoms with van der Waals surface area (Å²) in [7, 11) is 0. The van der Waals surface area contributed by atoms with Gasteiger partial charge in [0.1, 0.15) is 23.7 Å². The smallest absolute Gasteiger partial charge is 0.473 e. The van der Waals surface area contributed by atoms with E-state index in [-0.39, 0.29) is 18.6 Å². The molecule has 1 aromatic carbocycles. The molecule has 1 aliphatic rings.